The fourth-order valence-electron chi connectivity index (χ4n) is 2.76. The third-order valence-electron chi connectivity index (χ3n) is 4.51. The highest BCUT2D eigenvalue weighted by Crippen LogP contribution is 2.32. The number of carbonyl (C=O) groups is 1. The molecule has 30 heavy (non-hydrogen) atoms. The first-order chi connectivity index (χ1) is 14.4. The summed E-state index contributed by atoms with van der Waals surface area (Å²) in [5.74, 6) is -0.334. The maximum absolute atomic E-state index is 12.5. The van der Waals surface area contributed by atoms with Crippen LogP contribution in [0.2, 0.25) is 0 Å². The zero-order valence-electron chi connectivity index (χ0n) is 16.6. The second-order valence-corrected chi connectivity index (χ2v) is 6.33. The molecule has 0 saturated heterocycles. The number of benzene rings is 2. The van der Waals surface area contributed by atoms with Crippen LogP contribution < -0.4 is 20.9 Å². The smallest absolute Gasteiger partial charge is 0.355 e. The average Bonchev–Trinajstić information content (AvgIpc) is 2.75. The Bertz CT molecular complexity index is 1100. The summed E-state index contributed by atoms with van der Waals surface area (Å²) >= 11 is 0. The number of amides is 1. The highest BCUT2D eigenvalue weighted by molar-refractivity contribution is 5.97. The number of anilines is 3. The molecule has 3 aromatic rings. The van der Waals surface area contributed by atoms with E-state index >= 15 is 0 Å². The van der Waals surface area contributed by atoms with Crippen molar-refractivity contribution in [3.8, 4) is 5.75 Å². The first-order valence-corrected chi connectivity index (χ1v) is 8.94. The monoisotopic (exact) mass is 408 g/mol. The van der Waals surface area contributed by atoms with Crippen LogP contribution in [-0.4, -0.2) is 27.9 Å². The lowest BCUT2D eigenvalue weighted by Gasteiger charge is -2.13. The number of carbonyl (C=O) groups excluding carboxylic acids is 1. The van der Waals surface area contributed by atoms with E-state index in [1.165, 1.54) is 7.11 Å². The molecule has 10 heteroatoms. The molecule has 0 aliphatic rings. The predicted octanol–water partition coefficient (Wildman–Crippen LogP) is 3.51. The number of para-hydroxylation sites is 1. The van der Waals surface area contributed by atoms with Crippen molar-refractivity contribution >= 4 is 28.9 Å². The van der Waals surface area contributed by atoms with Crippen molar-refractivity contribution in [3.63, 3.8) is 0 Å². The van der Waals surface area contributed by atoms with E-state index in [9.17, 15) is 14.9 Å². The van der Waals surface area contributed by atoms with Gasteiger partial charge in [0.05, 0.1) is 17.6 Å². The molecule has 0 atom stereocenters. The average molecular weight is 408 g/mol. The van der Waals surface area contributed by atoms with Gasteiger partial charge in [-0.05, 0) is 43.2 Å². The van der Waals surface area contributed by atoms with Crippen LogP contribution in [0.25, 0.3) is 0 Å². The van der Waals surface area contributed by atoms with Crippen LogP contribution in [0.5, 0.6) is 5.75 Å². The number of hydrogen-bond donors (Lipinski definition) is 3. The van der Waals surface area contributed by atoms with Gasteiger partial charge in [-0.1, -0.05) is 24.3 Å². The van der Waals surface area contributed by atoms with Gasteiger partial charge in [-0.2, -0.15) is 0 Å². The quantitative estimate of drug-likeness (QED) is 0.400. The minimum absolute atomic E-state index is 0.00209. The number of nitro groups is 1. The fraction of sp³-hybridized carbons (Fsp3) is 0.150. The van der Waals surface area contributed by atoms with Gasteiger partial charge in [0.25, 0.3) is 5.91 Å². The lowest BCUT2D eigenvalue weighted by atomic mass is 10.1. The van der Waals surface area contributed by atoms with Crippen LogP contribution in [0.3, 0.4) is 0 Å². The van der Waals surface area contributed by atoms with Crippen molar-refractivity contribution in [3.05, 3.63) is 75.6 Å². The van der Waals surface area contributed by atoms with Gasteiger partial charge < -0.3 is 10.1 Å². The Morgan fingerprint density at radius 2 is 1.80 bits per heavy atom. The molecule has 1 aromatic heterocycles. The third-order valence-corrected chi connectivity index (χ3v) is 4.51. The Morgan fingerprint density at radius 1 is 1.07 bits per heavy atom. The summed E-state index contributed by atoms with van der Waals surface area (Å²) in [6.45, 7) is 3.84. The molecule has 1 heterocycles. The Hall–Kier alpha value is -4.21. The summed E-state index contributed by atoms with van der Waals surface area (Å²) < 4.78 is 5.15. The van der Waals surface area contributed by atoms with Gasteiger partial charge in [0, 0.05) is 5.69 Å². The van der Waals surface area contributed by atoms with E-state index in [4.69, 9.17) is 4.74 Å². The van der Waals surface area contributed by atoms with Gasteiger partial charge in [0.2, 0.25) is 11.6 Å². The highest BCUT2D eigenvalue weighted by atomic mass is 16.6. The van der Waals surface area contributed by atoms with Crippen LogP contribution in [-0.2, 0) is 0 Å². The van der Waals surface area contributed by atoms with Crippen LogP contribution >= 0.6 is 0 Å². The Kier molecular flexibility index (Phi) is 6.06. The van der Waals surface area contributed by atoms with Crippen LogP contribution in [0.4, 0.5) is 23.0 Å². The SMILES string of the molecule is COc1ccccc1C(=O)NNc1ncnc(Nc2cccc(C)c2C)c1[N+](=O)[O-]. The number of hydrogen-bond acceptors (Lipinski definition) is 8. The zero-order valence-corrected chi connectivity index (χ0v) is 16.6. The number of rotatable bonds is 7. The third kappa shape index (κ3) is 4.27. The minimum atomic E-state index is -0.620. The molecule has 0 aliphatic heterocycles. The number of ether oxygens (including phenoxy) is 1. The number of aryl methyl sites for hydroxylation is 1. The molecule has 0 fully saturated rings. The Balaban J connectivity index is 1.87. The lowest BCUT2D eigenvalue weighted by Crippen LogP contribution is -2.30. The molecule has 154 valence electrons. The van der Waals surface area contributed by atoms with Crippen LogP contribution in [0, 0.1) is 24.0 Å². The standard InChI is InChI=1S/C20H20N6O4/c1-12-7-6-9-15(13(12)2)23-18-17(26(28)29)19(22-11-21-18)24-25-20(27)14-8-4-5-10-16(14)30-3/h4-11H,1-3H3,(H,25,27)(H2,21,22,23,24). The summed E-state index contributed by atoms with van der Waals surface area (Å²) in [5, 5.41) is 14.7. The second kappa shape index (κ2) is 8.86. The molecular formula is C20H20N6O4. The van der Waals surface area contributed by atoms with Gasteiger partial charge in [-0.25, -0.2) is 9.97 Å². The molecule has 0 spiro atoms. The Morgan fingerprint density at radius 3 is 2.53 bits per heavy atom. The van der Waals surface area contributed by atoms with E-state index in [1.807, 2.05) is 26.0 Å². The molecule has 0 bridgehead atoms. The van der Waals surface area contributed by atoms with Crippen molar-refractivity contribution < 1.29 is 14.5 Å². The number of nitrogens with zero attached hydrogens (tertiary/aromatic N) is 3. The second-order valence-electron chi connectivity index (χ2n) is 6.33. The van der Waals surface area contributed by atoms with Gasteiger partial charge in [0.1, 0.15) is 12.1 Å². The van der Waals surface area contributed by atoms with E-state index in [0.29, 0.717) is 11.4 Å². The lowest BCUT2D eigenvalue weighted by molar-refractivity contribution is -0.383. The number of nitrogens with one attached hydrogen (secondary N) is 3. The summed E-state index contributed by atoms with van der Waals surface area (Å²) in [7, 11) is 1.44. The number of aromatic nitrogens is 2. The van der Waals surface area contributed by atoms with Crippen molar-refractivity contribution in [2.75, 3.05) is 17.9 Å². The first-order valence-electron chi connectivity index (χ1n) is 8.94. The molecule has 10 nitrogen and oxygen atoms in total. The molecular weight excluding hydrogens is 388 g/mol. The largest absolute Gasteiger partial charge is 0.496 e. The number of methoxy groups -OCH3 is 1. The van der Waals surface area contributed by atoms with E-state index in [2.05, 4.69) is 26.1 Å². The summed E-state index contributed by atoms with van der Waals surface area (Å²) in [5.41, 5.74) is 7.41. The van der Waals surface area contributed by atoms with Gasteiger partial charge in [0.15, 0.2) is 0 Å². The van der Waals surface area contributed by atoms with E-state index in [-0.39, 0.29) is 17.2 Å². The molecule has 0 radical (unpaired) electrons. The van der Waals surface area contributed by atoms with Gasteiger partial charge in [-0.15, -0.1) is 0 Å². The number of hydrazine groups is 1. The summed E-state index contributed by atoms with van der Waals surface area (Å²) in [6.07, 6.45) is 1.16. The normalized spacial score (nSPS) is 10.2. The van der Waals surface area contributed by atoms with Crippen LogP contribution in [0.15, 0.2) is 48.8 Å². The minimum Gasteiger partial charge on any atom is -0.496 e. The molecule has 0 saturated carbocycles. The highest BCUT2D eigenvalue weighted by Gasteiger charge is 2.24. The molecule has 2 aromatic carbocycles. The summed E-state index contributed by atoms with van der Waals surface area (Å²) in [4.78, 5) is 31.5. The maximum atomic E-state index is 12.5. The van der Waals surface area contributed by atoms with Gasteiger partial charge >= 0.3 is 5.69 Å². The summed E-state index contributed by atoms with van der Waals surface area (Å²) in [6, 6.07) is 12.2. The fourth-order valence-corrected chi connectivity index (χ4v) is 2.76. The Labute approximate surface area is 172 Å². The first kappa shape index (κ1) is 20.5. The van der Waals surface area contributed by atoms with E-state index < -0.39 is 16.5 Å². The molecule has 3 N–H and O–H groups in total. The maximum Gasteiger partial charge on any atom is 0.355 e. The molecule has 0 unspecified atom stereocenters. The zero-order chi connectivity index (χ0) is 21.7. The topological polar surface area (TPSA) is 131 Å². The van der Waals surface area contributed by atoms with E-state index in [0.717, 1.165) is 17.5 Å². The van der Waals surface area contributed by atoms with Crippen molar-refractivity contribution in [1.29, 1.82) is 0 Å². The molecule has 3 rings (SSSR count). The van der Waals surface area contributed by atoms with E-state index in [1.54, 1.807) is 30.3 Å². The van der Waals surface area contributed by atoms with Crippen molar-refractivity contribution in [2.24, 2.45) is 0 Å². The molecule has 1 amide bonds. The molecule has 0 aliphatic carbocycles. The predicted molar refractivity (Wildman–Crippen MR) is 112 cm³/mol. The van der Waals surface area contributed by atoms with Crippen molar-refractivity contribution in [1.82, 2.24) is 15.4 Å². The van der Waals surface area contributed by atoms with Crippen molar-refractivity contribution in [2.45, 2.75) is 13.8 Å². The van der Waals surface area contributed by atoms with Gasteiger partial charge in [-0.3, -0.25) is 25.8 Å². The van der Waals surface area contributed by atoms with Crippen LogP contribution in [0.1, 0.15) is 21.5 Å².